The van der Waals surface area contributed by atoms with E-state index < -0.39 is 0 Å². The molecule has 0 bridgehead atoms. The molecule has 0 amide bonds. The topological polar surface area (TPSA) is 60.0 Å². The van der Waals surface area contributed by atoms with Crippen molar-refractivity contribution in [3.8, 4) is 5.69 Å². The number of rotatable bonds is 4. The molecule has 0 aliphatic heterocycles. The van der Waals surface area contributed by atoms with Crippen molar-refractivity contribution in [3.63, 3.8) is 0 Å². The highest BCUT2D eigenvalue weighted by atomic mass is 32.2. The number of para-hydroxylation sites is 1. The molecule has 3 aromatic rings. The molecule has 0 aliphatic carbocycles. The van der Waals surface area contributed by atoms with Gasteiger partial charge in [0.1, 0.15) is 5.03 Å². The van der Waals surface area contributed by atoms with Crippen molar-refractivity contribution in [2.24, 2.45) is 7.05 Å². The highest BCUT2D eigenvalue weighted by Gasteiger charge is 2.19. The third-order valence-corrected chi connectivity index (χ3v) is 4.48. The summed E-state index contributed by atoms with van der Waals surface area (Å²) >= 11 is 1.44. The minimum atomic E-state index is -0.195. The van der Waals surface area contributed by atoms with Gasteiger partial charge >= 0.3 is 5.69 Å². The molecule has 0 radical (unpaired) electrons. The minimum absolute atomic E-state index is 0.174. The van der Waals surface area contributed by atoms with Gasteiger partial charge in [-0.05, 0) is 24.3 Å². The van der Waals surface area contributed by atoms with E-state index in [1.807, 2.05) is 42.5 Å². The van der Waals surface area contributed by atoms with E-state index in [0.29, 0.717) is 10.7 Å². The van der Waals surface area contributed by atoms with Gasteiger partial charge in [-0.1, -0.05) is 30.0 Å². The standard InChI is InChI=1S/C16H15N3O2S/c1-18-14(11-20)15(22-13-7-9-17-10-8-13)19(16(18)21)12-5-3-2-4-6-12/h2-10,20H,11H2,1H3. The van der Waals surface area contributed by atoms with Crippen molar-refractivity contribution in [3.05, 3.63) is 71.0 Å². The van der Waals surface area contributed by atoms with Gasteiger partial charge in [0, 0.05) is 24.3 Å². The molecule has 0 spiro atoms. The Hall–Kier alpha value is -2.31. The number of hydrogen-bond donors (Lipinski definition) is 1. The summed E-state index contributed by atoms with van der Waals surface area (Å²) < 4.78 is 3.10. The maximum atomic E-state index is 12.5. The number of benzene rings is 1. The molecule has 3 rings (SSSR count). The Bertz CT molecular complexity index is 826. The van der Waals surface area contributed by atoms with Crippen molar-refractivity contribution in [1.29, 1.82) is 0 Å². The number of imidazole rings is 1. The van der Waals surface area contributed by atoms with Gasteiger partial charge in [-0.3, -0.25) is 14.1 Å². The molecular weight excluding hydrogens is 298 g/mol. The Morgan fingerprint density at radius 3 is 2.45 bits per heavy atom. The first-order valence-corrected chi connectivity index (χ1v) is 7.58. The molecule has 1 N–H and O–H groups in total. The summed E-state index contributed by atoms with van der Waals surface area (Å²) in [4.78, 5) is 17.5. The second kappa shape index (κ2) is 6.21. The summed E-state index contributed by atoms with van der Waals surface area (Å²) in [6, 6.07) is 13.2. The lowest BCUT2D eigenvalue weighted by molar-refractivity contribution is 0.269. The van der Waals surface area contributed by atoms with Crippen LogP contribution in [0.25, 0.3) is 5.69 Å². The Kier molecular flexibility index (Phi) is 4.13. The van der Waals surface area contributed by atoms with E-state index in [2.05, 4.69) is 4.98 Å². The van der Waals surface area contributed by atoms with Gasteiger partial charge in [-0.15, -0.1) is 0 Å². The van der Waals surface area contributed by atoms with Crippen LogP contribution in [-0.2, 0) is 13.7 Å². The molecule has 0 fully saturated rings. The first-order valence-electron chi connectivity index (χ1n) is 6.77. The van der Waals surface area contributed by atoms with E-state index in [4.69, 9.17) is 0 Å². The molecule has 0 atom stereocenters. The third-order valence-electron chi connectivity index (χ3n) is 3.36. The van der Waals surface area contributed by atoms with Crippen LogP contribution in [0.4, 0.5) is 0 Å². The lowest BCUT2D eigenvalue weighted by atomic mass is 10.3. The SMILES string of the molecule is Cn1c(CO)c(Sc2ccncc2)n(-c2ccccc2)c1=O. The molecular formula is C16H15N3O2S. The van der Waals surface area contributed by atoms with Crippen LogP contribution in [0.2, 0.25) is 0 Å². The predicted molar refractivity (Wildman–Crippen MR) is 85.3 cm³/mol. The molecule has 5 nitrogen and oxygen atoms in total. The average molecular weight is 313 g/mol. The summed E-state index contributed by atoms with van der Waals surface area (Å²) in [6.07, 6.45) is 3.41. The second-order valence-corrected chi connectivity index (χ2v) is 5.77. The van der Waals surface area contributed by atoms with Crippen molar-refractivity contribution in [2.45, 2.75) is 16.5 Å². The van der Waals surface area contributed by atoms with Crippen LogP contribution < -0.4 is 5.69 Å². The molecule has 0 unspecified atom stereocenters. The summed E-state index contributed by atoms with van der Waals surface area (Å²) in [5, 5.41) is 10.4. The Labute approximate surface area is 131 Å². The van der Waals surface area contributed by atoms with E-state index in [1.54, 1.807) is 24.0 Å². The quantitative estimate of drug-likeness (QED) is 0.802. The smallest absolute Gasteiger partial charge is 0.333 e. The van der Waals surface area contributed by atoms with Crippen LogP contribution in [0.5, 0.6) is 0 Å². The highest BCUT2D eigenvalue weighted by molar-refractivity contribution is 7.99. The molecule has 22 heavy (non-hydrogen) atoms. The monoisotopic (exact) mass is 313 g/mol. The fourth-order valence-electron chi connectivity index (χ4n) is 2.23. The van der Waals surface area contributed by atoms with Crippen molar-refractivity contribution >= 4 is 11.8 Å². The van der Waals surface area contributed by atoms with Gasteiger partial charge in [0.2, 0.25) is 0 Å². The summed E-state index contributed by atoms with van der Waals surface area (Å²) in [5.41, 5.74) is 1.20. The normalized spacial score (nSPS) is 10.8. The molecule has 0 saturated carbocycles. The number of aromatic nitrogens is 3. The maximum Gasteiger partial charge on any atom is 0.333 e. The largest absolute Gasteiger partial charge is 0.390 e. The number of pyridine rings is 1. The number of hydrogen-bond acceptors (Lipinski definition) is 4. The first kappa shape index (κ1) is 14.6. The fourth-order valence-corrected chi connectivity index (χ4v) is 3.30. The van der Waals surface area contributed by atoms with Crippen molar-refractivity contribution < 1.29 is 5.11 Å². The van der Waals surface area contributed by atoms with Gasteiger partial charge in [0.05, 0.1) is 18.0 Å². The number of nitrogens with zero attached hydrogens (tertiary/aromatic N) is 3. The van der Waals surface area contributed by atoms with Crippen LogP contribution in [0, 0.1) is 0 Å². The van der Waals surface area contributed by atoms with Gasteiger partial charge < -0.3 is 5.11 Å². The molecule has 1 aromatic carbocycles. The van der Waals surface area contributed by atoms with Crippen molar-refractivity contribution in [1.82, 2.24) is 14.1 Å². The zero-order chi connectivity index (χ0) is 15.5. The van der Waals surface area contributed by atoms with Crippen molar-refractivity contribution in [2.75, 3.05) is 0 Å². The van der Waals surface area contributed by atoms with Gasteiger partial charge in [-0.2, -0.15) is 0 Å². The average Bonchev–Trinajstić information content (AvgIpc) is 2.80. The first-order chi connectivity index (χ1) is 10.7. The lowest BCUT2D eigenvalue weighted by Crippen LogP contribution is -2.21. The lowest BCUT2D eigenvalue weighted by Gasteiger charge is -2.08. The molecule has 0 saturated heterocycles. The third kappa shape index (κ3) is 2.58. The fraction of sp³-hybridized carbons (Fsp3) is 0.125. The highest BCUT2D eigenvalue weighted by Crippen LogP contribution is 2.31. The predicted octanol–water partition coefficient (Wildman–Crippen LogP) is 2.21. The van der Waals surface area contributed by atoms with Crippen LogP contribution >= 0.6 is 11.8 Å². The second-order valence-electron chi connectivity index (χ2n) is 4.71. The van der Waals surface area contributed by atoms with Gasteiger partial charge in [0.15, 0.2) is 0 Å². The van der Waals surface area contributed by atoms with Crippen LogP contribution in [-0.4, -0.2) is 19.2 Å². The van der Waals surface area contributed by atoms with E-state index in [-0.39, 0.29) is 12.3 Å². The molecule has 0 aliphatic rings. The summed E-state index contributed by atoms with van der Waals surface area (Å²) in [5.74, 6) is 0. The Morgan fingerprint density at radius 2 is 1.82 bits per heavy atom. The zero-order valence-corrected chi connectivity index (χ0v) is 12.8. The van der Waals surface area contributed by atoms with Gasteiger partial charge in [-0.25, -0.2) is 4.79 Å². The minimum Gasteiger partial charge on any atom is -0.390 e. The number of aliphatic hydroxyl groups is 1. The molecule has 112 valence electrons. The van der Waals surface area contributed by atoms with Crippen LogP contribution in [0.3, 0.4) is 0 Å². The Morgan fingerprint density at radius 1 is 1.14 bits per heavy atom. The summed E-state index contributed by atoms with van der Waals surface area (Å²) in [7, 11) is 1.67. The van der Waals surface area contributed by atoms with E-state index >= 15 is 0 Å². The molecule has 2 heterocycles. The van der Waals surface area contributed by atoms with Gasteiger partial charge in [0.25, 0.3) is 0 Å². The summed E-state index contributed by atoms with van der Waals surface area (Å²) in [6.45, 7) is -0.195. The van der Waals surface area contributed by atoms with Crippen LogP contribution in [0.15, 0.2) is 69.6 Å². The maximum absolute atomic E-state index is 12.5. The van der Waals surface area contributed by atoms with E-state index in [0.717, 1.165) is 10.6 Å². The van der Waals surface area contributed by atoms with E-state index in [1.165, 1.54) is 16.3 Å². The Balaban J connectivity index is 2.19. The zero-order valence-electron chi connectivity index (χ0n) is 12.0. The molecule has 2 aromatic heterocycles. The number of aliphatic hydroxyl groups excluding tert-OH is 1. The van der Waals surface area contributed by atoms with E-state index in [9.17, 15) is 9.90 Å². The molecule has 6 heteroatoms. The van der Waals surface area contributed by atoms with Crippen LogP contribution in [0.1, 0.15) is 5.69 Å².